The zero-order chi connectivity index (χ0) is 20.4. The Morgan fingerprint density at radius 2 is 1.83 bits per heavy atom. The second-order valence-corrected chi connectivity index (χ2v) is 7.11. The average Bonchev–Trinajstić information content (AvgIpc) is 2.73. The maximum Gasteiger partial charge on any atom is 0.265 e. The summed E-state index contributed by atoms with van der Waals surface area (Å²) in [5.74, 6) is 0.622. The fraction of sp³-hybridized carbons (Fsp3) is 0.174. The first-order valence-corrected chi connectivity index (χ1v) is 9.36. The summed E-state index contributed by atoms with van der Waals surface area (Å²) in [4.78, 5) is 31.1. The van der Waals surface area contributed by atoms with Gasteiger partial charge >= 0.3 is 0 Å². The molecular weight excluding hydrogens is 366 g/mol. The summed E-state index contributed by atoms with van der Waals surface area (Å²) in [5, 5.41) is 2.78. The summed E-state index contributed by atoms with van der Waals surface area (Å²) < 4.78 is 5.55. The first-order chi connectivity index (χ1) is 14.0. The van der Waals surface area contributed by atoms with Crippen LogP contribution in [0.1, 0.15) is 27.0 Å². The first-order valence-electron chi connectivity index (χ1n) is 9.36. The van der Waals surface area contributed by atoms with E-state index in [1.54, 1.807) is 35.4 Å². The topological polar surface area (TPSA) is 71.5 Å². The molecule has 0 bridgehead atoms. The molecule has 1 aliphatic heterocycles. The van der Waals surface area contributed by atoms with Gasteiger partial charge in [0.2, 0.25) is 0 Å². The molecule has 0 aliphatic carbocycles. The number of nitrogens with zero attached hydrogens (tertiary/aromatic N) is 2. The number of carbonyl (C=O) groups is 2. The van der Waals surface area contributed by atoms with E-state index < -0.39 is 0 Å². The second-order valence-electron chi connectivity index (χ2n) is 7.11. The van der Waals surface area contributed by atoms with Gasteiger partial charge in [0.05, 0.1) is 12.2 Å². The van der Waals surface area contributed by atoms with Crippen LogP contribution in [0.3, 0.4) is 0 Å². The molecule has 6 nitrogen and oxygen atoms in total. The lowest BCUT2D eigenvalue weighted by atomic mass is 10.1. The van der Waals surface area contributed by atoms with Gasteiger partial charge in [-0.3, -0.25) is 9.59 Å². The van der Waals surface area contributed by atoms with Gasteiger partial charge in [-0.15, -0.1) is 0 Å². The Hall–Kier alpha value is -3.67. The molecule has 1 aliphatic rings. The summed E-state index contributed by atoms with van der Waals surface area (Å²) in [6.45, 7) is 4.35. The van der Waals surface area contributed by atoms with Crippen LogP contribution in [0.2, 0.25) is 0 Å². The highest BCUT2D eigenvalue weighted by Crippen LogP contribution is 2.34. The molecule has 0 saturated heterocycles. The number of ether oxygens (including phenoxy) is 1. The van der Waals surface area contributed by atoms with E-state index in [-0.39, 0.29) is 18.4 Å². The Bertz CT molecular complexity index is 1060. The van der Waals surface area contributed by atoms with E-state index in [0.29, 0.717) is 29.4 Å². The van der Waals surface area contributed by atoms with Crippen LogP contribution in [0, 0.1) is 13.8 Å². The molecule has 3 aromatic rings. The van der Waals surface area contributed by atoms with Crippen molar-refractivity contribution in [1.29, 1.82) is 0 Å². The van der Waals surface area contributed by atoms with Gasteiger partial charge in [-0.1, -0.05) is 35.9 Å². The number of hydrogen-bond donors (Lipinski definition) is 1. The van der Waals surface area contributed by atoms with Crippen molar-refractivity contribution >= 4 is 23.3 Å². The molecule has 0 fully saturated rings. The molecule has 1 N–H and O–H groups in total. The van der Waals surface area contributed by atoms with Crippen molar-refractivity contribution in [3.63, 3.8) is 0 Å². The molecule has 2 heterocycles. The lowest BCUT2D eigenvalue weighted by Gasteiger charge is -2.30. The van der Waals surface area contributed by atoms with Gasteiger partial charge in [-0.25, -0.2) is 4.98 Å². The molecular formula is C23H21N3O3. The van der Waals surface area contributed by atoms with Gasteiger partial charge in [-0.05, 0) is 49.2 Å². The SMILES string of the molecule is Cc1ccc(CN2C(=O)COc3ccc(C(=O)Nc4ccc(C)cn4)cc32)cc1. The highest BCUT2D eigenvalue weighted by atomic mass is 16.5. The minimum absolute atomic E-state index is 0.0162. The summed E-state index contributed by atoms with van der Waals surface area (Å²) in [5.41, 5.74) is 4.20. The van der Waals surface area contributed by atoms with Crippen molar-refractivity contribution in [2.45, 2.75) is 20.4 Å². The minimum atomic E-state index is -0.294. The Morgan fingerprint density at radius 3 is 2.55 bits per heavy atom. The fourth-order valence-electron chi connectivity index (χ4n) is 3.12. The number of pyridine rings is 1. The summed E-state index contributed by atoms with van der Waals surface area (Å²) in [7, 11) is 0. The Labute approximate surface area is 169 Å². The standard InChI is InChI=1S/C23H21N3O3/c1-15-3-6-17(7-4-15)13-26-19-11-18(8-9-20(19)29-14-22(26)27)23(28)25-21-10-5-16(2)12-24-21/h3-12H,13-14H2,1-2H3,(H,24,25,28). The normalized spacial score (nSPS) is 12.9. The Kier molecular flexibility index (Phi) is 4.99. The zero-order valence-corrected chi connectivity index (χ0v) is 16.3. The number of fused-ring (bicyclic) bond motifs is 1. The van der Waals surface area contributed by atoms with Crippen molar-refractivity contribution in [3.8, 4) is 5.75 Å². The maximum absolute atomic E-state index is 12.7. The van der Waals surface area contributed by atoms with Gasteiger partial charge in [0.25, 0.3) is 11.8 Å². The van der Waals surface area contributed by atoms with E-state index in [1.807, 2.05) is 44.2 Å². The van der Waals surface area contributed by atoms with E-state index in [1.165, 1.54) is 0 Å². The molecule has 0 saturated carbocycles. The van der Waals surface area contributed by atoms with Gasteiger partial charge in [0.15, 0.2) is 6.61 Å². The second kappa shape index (κ2) is 7.75. The lowest BCUT2D eigenvalue weighted by molar-refractivity contribution is -0.121. The van der Waals surface area contributed by atoms with Gasteiger partial charge in [0.1, 0.15) is 11.6 Å². The van der Waals surface area contributed by atoms with Gasteiger partial charge in [0, 0.05) is 11.8 Å². The van der Waals surface area contributed by atoms with Crippen LogP contribution in [0.5, 0.6) is 5.75 Å². The molecule has 2 aromatic carbocycles. The number of carbonyl (C=O) groups excluding carboxylic acids is 2. The van der Waals surface area contributed by atoms with Crippen LogP contribution in [-0.2, 0) is 11.3 Å². The lowest BCUT2D eigenvalue weighted by Crippen LogP contribution is -2.38. The maximum atomic E-state index is 12.7. The molecule has 4 rings (SSSR count). The molecule has 6 heteroatoms. The van der Waals surface area contributed by atoms with Gasteiger partial charge < -0.3 is 15.0 Å². The highest BCUT2D eigenvalue weighted by molar-refractivity contribution is 6.06. The van der Waals surface area contributed by atoms with Crippen LogP contribution in [0.25, 0.3) is 0 Å². The van der Waals surface area contributed by atoms with Crippen molar-refractivity contribution in [2.75, 3.05) is 16.8 Å². The third kappa shape index (κ3) is 4.11. The fourth-order valence-corrected chi connectivity index (χ4v) is 3.12. The van der Waals surface area contributed by atoms with E-state index in [4.69, 9.17) is 4.74 Å². The highest BCUT2D eigenvalue weighted by Gasteiger charge is 2.26. The predicted octanol–water partition coefficient (Wildman–Crippen LogP) is 3.88. The number of aromatic nitrogens is 1. The van der Waals surface area contributed by atoms with Gasteiger partial charge in [-0.2, -0.15) is 0 Å². The van der Waals surface area contributed by atoms with E-state index >= 15 is 0 Å². The predicted molar refractivity (Wildman–Crippen MR) is 111 cm³/mol. The Morgan fingerprint density at radius 1 is 1.07 bits per heavy atom. The molecule has 2 amide bonds. The molecule has 0 atom stereocenters. The number of benzene rings is 2. The summed E-state index contributed by atoms with van der Waals surface area (Å²) in [6.07, 6.45) is 1.69. The molecule has 29 heavy (non-hydrogen) atoms. The number of hydrogen-bond acceptors (Lipinski definition) is 4. The summed E-state index contributed by atoms with van der Waals surface area (Å²) in [6, 6.07) is 16.7. The van der Waals surface area contributed by atoms with Crippen molar-refractivity contribution < 1.29 is 14.3 Å². The molecule has 0 unspecified atom stereocenters. The summed E-state index contributed by atoms with van der Waals surface area (Å²) >= 11 is 0. The average molecular weight is 387 g/mol. The van der Waals surface area contributed by atoms with Crippen molar-refractivity contribution in [1.82, 2.24) is 4.98 Å². The smallest absolute Gasteiger partial charge is 0.265 e. The van der Waals surface area contributed by atoms with E-state index in [0.717, 1.165) is 16.7 Å². The molecule has 1 aromatic heterocycles. The molecule has 146 valence electrons. The van der Waals surface area contributed by atoms with E-state index in [2.05, 4.69) is 10.3 Å². The zero-order valence-electron chi connectivity index (χ0n) is 16.3. The number of nitrogens with one attached hydrogen (secondary N) is 1. The third-order valence-electron chi connectivity index (χ3n) is 4.78. The molecule has 0 radical (unpaired) electrons. The molecule has 0 spiro atoms. The van der Waals surface area contributed by atoms with Crippen LogP contribution in [0.15, 0.2) is 60.8 Å². The first kappa shape index (κ1) is 18.7. The van der Waals surface area contributed by atoms with Crippen LogP contribution >= 0.6 is 0 Å². The van der Waals surface area contributed by atoms with Crippen LogP contribution < -0.4 is 15.0 Å². The quantitative estimate of drug-likeness (QED) is 0.738. The number of amides is 2. The minimum Gasteiger partial charge on any atom is -0.482 e. The largest absolute Gasteiger partial charge is 0.482 e. The van der Waals surface area contributed by atoms with Crippen LogP contribution in [0.4, 0.5) is 11.5 Å². The number of anilines is 2. The van der Waals surface area contributed by atoms with Crippen molar-refractivity contribution in [2.24, 2.45) is 0 Å². The number of aryl methyl sites for hydroxylation is 2. The Balaban J connectivity index is 1.60. The van der Waals surface area contributed by atoms with E-state index in [9.17, 15) is 9.59 Å². The monoisotopic (exact) mass is 387 g/mol. The van der Waals surface area contributed by atoms with Crippen molar-refractivity contribution in [3.05, 3.63) is 83.0 Å². The van der Waals surface area contributed by atoms with Crippen LogP contribution in [-0.4, -0.2) is 23.4 Å². The number of rotatable bonds is 4. The third-order valence-corrected chi connectivity index (χ3v) is 4.78.